The molecule has 0 aliphatic carbocycles. The summed E-state index contributed by atoms with van der Waals surface area (Å²) in [6.45, 7) is 21.8. The molecule has 0 aliphatic heterocycles. The van der Waals surface area contributed by atoms with E-state index in [4.69, 9.17) is 0 Å². The summed E-state index contributed by atoms with van der Waals surface area (Å²) in [5.41, 5.74) is 1.63. The van der Waals surface area contributed by atoms with Crippen LogP contribution < -0.4 is 0 Å². The molecule has 0 unspecified atom stereocenters. The molecule has 23 heteroatoms. The first kappa shape index (κ1) is 48.8. The minimum atomic E-state index is 0.218. The molecule has 0 saturated heterocycles. The molecular weight excluding hydrogens is 815 g/mol. The number of rotatable bonds is 8. The van der Waals surface area contributed by atoms with E-state index in [1.54, 1.807) is 31.6 Å². The highest BCUT2D eigenvalue weighted by atomic mass is 15.3. The van der Waals surface area contributed by atoms with E-state index >= 15 is 0 Å². The van der Waals surface area contributed by atoms with E-state index in [1.165, 1.54) is 6.33 Å². The first-order chi connectivity index (χ1) is 30.8. The van der Waals surface area contributed by atoms with Crippen LogP contribution in [0.3, 0.4) is 0 Å². The molecule has 23 nitrogen and oxygen atoms in total. The quantitative estimate of drug-likeness (QED) is 0.183. The van der Waals surface area contributed by atoms with Gasteiger partial charge in [0.2, 0.25) is 23.3 Å². The number of benzene rings is 1. The highest BCUT2D eigenvalue weighted by Gasteiger charge is 2.10. The average molecular weight is 866 g/mol. The van der Waals surface area contributed by atoms with Gasteiger partial charge in [0.1, 0.15) is 5.69 Å². The lowest BCUT2D eigenvalue weighted by Gasteiger charge is -2.01. The van der Waals surface area contributed by atoms with Crippen LogP contribution >= 0.6 is 0 Å². The standard InChI is InChI=1S/C11H12N4.C10H11N5.C9H10N6.C6H10N4.C5H8N4/c1-8(2)10-12-14-11(15-13-10)9-6-4-3-5-7-9;1-7(2)9-12-14-10(15-13-9)8-5-3-4-6-11-8;1-6(2)7-12-14-9(15-13-7)8-10-4-3-5-11-8;1-4(2)6-9-7-5(3)8-10-6;1-4(2)5-8-6-3-7-9-5/h3-8H,1-2H3;3-7H,1-2H3;3-6H,1-2H3;4H,1-3H3;3-4H,1-2H3. The molecule has 0 fully saturated rings. The maximum Gasteiger partial charge on any atom is 0.240 e. The van der Waals surface area contributed by atoms with Crippen molar-refractivity contribution in [2.75, 3.05) is 0 Å². The van der Waals surface area contributed by atoms with Crippen molar-refractivity contribution in [2.45, 2.75) is 106 Å². The van der Waals surface area contributed by atoms with Gasteiger partial charge < -0.3 is 0 Å². The molecule has 64 heavy (non-hydrogen) atoms. The van der Waals surface area contributed by atoms with Gasteiger partial charge in [-0.2, -0.15) is 0 Å². The molecule has 0 amide bonds. The van der Waals surface area contributed by atoms with Crippen LogP contribution in [0, 0.1) is 6.92 Å². The van der Waals surface area contributed by atoms with E-state index < -0.39 is 0 Å². The predicted octanol–water partition coefficient (Wildman–Crippen LogP) is 5.44. The molecule has 8 aromatic rings. The summed E-state index contributed by atoms with van der Waals surface area (Å²) in [5, 5.41) is 77.8. The van der Waals surface area contributed by atoms with E-state index in [1.807, 2.05) is 118 Å². The Labute approximate surface area is 370 Å². The average Bonchev–Trinajstić information content (AvgIpc) is 3.34. The Kier molecular flexibility index (Phi) is 19.7. The monoisotopic (exact) mass is 865 g/mol. The van der Waals surface area contributed by atoms with Gasteiger partial charge >= 0.3 is 0 Å². The van der Waals surface area contributed by atoms with Crippen LogP contribution in [-0.4, -0.2) is 117 Å². The normalized spacial score (nSPS) is 10.5. The fraction of sp³-hybridized carbons (Fsp3) is 0.390. The van der Waals surface area contributed by atoms with Crippen LogP contribution in [0.25, 0.3) is 34.6 Å². The smallest absolute Gasteiger partial charge is 0.240 e. The Balaban J connectivity index is 0.000000178. The van der Waals surface area contributed by atoms with Gasteiger partial charge in [-0.3, -0.25) is 4.98 Å². The van der Waals surface area contributed by atoms with E-state index in [0.29, 0.717) is 75.8 Å². The fourth-order valence-electron chi connectivity index (χ4n) is 4.17. The van der Waals surface area contributed by atoms with Crippen LogP contribution in [0.1, 0.15) is 134 Å². The molecule has 0 radical (unpaired) electrons. The molecule has 7 heterocycles. The SMILES string of the molecule is CC(C)c1nnc(-c2ccccc2)nn1.CC(C)c1nnc(-c2ccccn2)nn1.CC(C)c1nnc(-c2ncccn2)nn1.CC(C)c1nncnn1.Cc1nnc(C(C)C)nn1. The summed E-state index contributed by atoms with van der Waals surface area (Å²) in [6.07, 6.45) is 6.27. The molecule has 0 spiro atoms. The first-order valence-corrected chi connectivity index (χ1v) is 20.3. The maximum atomic E-state index is 4.12. The van der Waals surface area contributed by atoms with E-state index in [2.05, 4.69) is 117 Å². The van der Waals surface area contributed by atoms with Crippen molar-refractivity contribution in [1.82, 2.24) is 117 Å². The third-order valence-corrected chi connectivity index (χ3v) is 7.77. The molecule has 1 aromatic carbocycles. The number of aromatic nitrogens is 23. The van der Waals surface area contributed by atoms with Crippen LogP contribution in [0.5, 0.6) is 0 Å². The third kappa shape index (κ3) is 16.5. The van der Waals surface area contributed by atoms with Gasteiger partial charge in [-0.05, 0) is 25.1 Å². The minimum Gasteiger partial charge on any atom is -0.253 e. The number of nitrogens with zero attached hydrogens (tertiary/aromatic N) is 23. The van der Waals surface area contributed by atoms with Gasteiger partial charge in [-0.1, -0.05) is 106 Å². The molecule has 0 aliphatic rings. The summed E-state index contributed by atoms with van der Waals surface area (Å²) < 4.78 is 0. The summed E-state index contributed by atoms with van der Waals surface area (Å²) in [5.74, 6) is 7.10. The van der Waals surface area contributed by atoms with E-state index in [0.717, 1.165) is 5.56 Å². The van der Waals surface area contributed by atoms with Gasteiger partial charge in [0.25, 0.3) is 0 Å². The van der Waals surface area contributed by atoms with Gasteiger partial charge in [-0.25, -0.2) is 9.97 Å². The van der Waals surface area contributed by atoms with Crippen LogP contribution in [-0.2, 0) is 0 Å². The van der Waals surface area contributed by atoms with Crippen molar-refractivity contribution in [3.8, 4) is 34.6 Å². The van der Waals surface area contributed by atoms with Gasteiger partial charge in [0, 0.05) is 53.7 Å². The second-order valence-electron chi connectivity index (χ2n) is 14.9. The van der Waals surface area contributed by atoms with Crippen LogP contribution in [0.2, 0.25) is 0 Å². The zero-order chi connectivity index (χ0) is 46.3. The summed E-state index contributed by atoms with van der Waals surface area (Å²) >= 11 is 0. The molecule has 0 N–H and O–H groups in total. The molecular formula is C41H51N23. The lowest BCUT2D eigenvalue weighted by molar-refractivity contribution is 0.673. The summed E-state index contributed by atoms with van der Waals surface area (Å²) in [7, 11) is 0. The largest absolute Gasteiger partial charge is 0.253 e. The van der Waals surface area contributed by atoms with Crippen molar-refractivity contribution >= 4 is 0 Å². The van der Waals surface area contributed by atoms with Gasteiger partial charge in [0.05, 0.1) is 0 Å². The van der Waals surface area contributed by atoms with Crippen molar-refractivity contribution in [3.63, 3.8) is 0 Å². The molecule has 0 saturated carbocycles. The van der Waals surface area contributed by atoms with E-state index in [9.17, 15) is 0 Å². The second-order valence-corrected chi connectivity index (χ2v) is 14.9. The van der Waals surface area contributed by atoms with Crippen molar-refractivity contribution in [3.05, 3.63) is 114 Å². The Morgan fingerprint density at radius 2 is 0.688 bits per heavy atom. The van der Waals surface area contributed by atoms with Crippen molar-refractivity contribution in [2.24, 2.45) is 0 Å². The third-order valence-electron chi connectivity index (χ3n) is 7.77. The van der Waals surface area contributed by atoms with Gasteiger partial charge in [0.15, 0.2) is 41.3 Å². The zero-order valence-electron chi connectivity index (χ0n) is 37.7. The fourth-order valence-corrected chi connectivity index (χ4v) is 4.17. The summed E-state index contributed by atoms with van der Waals surface area (Å²) in [6, 6.07) is 17.0. The van der Waals surface area contributed by atoms with Crippen molar-refractivity contribution < 1.29 is 0 Å². The first-order valence-electron chi connectivity index (χ1n) is 20.3. The highest BCUT2D eigenvalue weighted by Crippen LogP contribution is 2.14. The number of hydrogen-bond donors (Lipinski definition) is 0. The Hall–Kier alpha value is -7.85. The van der Waals surface area contributed by atoms with Crippen molar-refractivity contribution in [1.29, 1.82) is 0 Å². The maximum absolute atomic E-state index is 4.12. The number of aryl methyl sites for hydroxylation is 1. The molecule has 8 rings (SSSR count). The minimum absolute atomic E-state index is 0.218. The topological polar surface area (TPSA) is 296 Å². The Morgan fingerprint density at radius 1 is 0.312 bits per heavy atom. The molecule has 7 aromatic heterocycles. The van der Waals surface area contributed by atoms with E-state index in [-0.39, 0.29) is 17.8 Å². The van der Waals surface area contributed by atoms with Crippen LogP contribution in [0.15, 0.2) is 79.5 Å². The molecule has 0 bridgehead atoms. The summed E-state index contributed by atoms with van der Waals surface area (Å²) in [4.78, 5) is 12.1. The lowest BCUT2D eigenvalue weighted by atomic mass is 10.2. The van der Waals surface area contributed by atoms with Crippen LogP contribution in [0.4, 0.5) is 0 Å². The lowest BCUT2D eigenvalue weighted by Crippen LogP contribution is -2.05. The molecule has 0 atom stereocenters. The zero-order valence-corrected chi connectivity index (χ0v) is 37.7. The van der Waals surface area contributed by atoms with Gasteiger partial charge in [-0.15, -0.1) is 102 Å². The molecule has 330 valence electrons. The highest BCUT2D eigenvalue weighted by molar-refractivity contribution is 5.53. The second kappa shape index (κ2) is 25.8. The number of pyridine rings is 1. The Morgan fingerprint density at radius 3 is 1.09 bits per heavy atom. The Bertz CT molecular complexity index is 2240. The predicted molar refractivity (Wildman–Crippen MR) is 233 cm³/mol. The number of hydrogen-bond acceptors (Lipinski definition) is 23.